The Labute approximate surface area is 343 Å². The monoisotopic (exact) mass is 866 g/mol. The molecule has 0 bridgehead atoms. The van der Waals surface area contributed by atoms with Crippen LogP contribution in [0.5, 0.6) is 0 Å². The van der Waals surface area contributed by atoms with Crippen LogP contribution in [0.4, 0.5) is 0 Å². The minimum absolute atomic E-state index is 0. The van der Waals surface area contributed by atoms with Crippen LogP contribution in [0.2, 0.25) is 0 Å². The van der Waals surface area contributed by atoms with Gasteiger partial charge in [0.15, 0.2) is 0 Å². The molecule has 0 saturated carbocycles. The van der Waals surface area contributed by atoms with Gasteiger partial charge in [-0.25, -0.2) is 19.2 Å². The Morgan fingerprint density at radius 1 is 0.518 bits per heavy atom. The number of rotatable bonds is 6. The molecule has 0 saturated heterocycles. The number of isothiocyanates is 2. The number of aromatic carboxylic acids is 4. The second-order valence-electron chi connectivity index (χ2n) is 8.64. The SMILES string of the molecule is C#CC#CC#CC#CC#CC#CC.O=C(O)c1ccnc(-c2cc(C(=O)O)ccn2)c1.O=C(O)c1ccnc(-c2cc(C(=O)O)ccn2)c1.[N-]=C=S.[N-]=C=S.[Ru+2]. The molecule has 56 heavy (non-hydrogen) atoms. The van der Waals surface area contributed by atoms with Crippen molar-refractivity contribution in [3.63, 3.8) is 0 Å². The number of pyridine rings is 4. The van der Waals surface area contributed by atoms with Crippen molar-refractivity contribution in [2.24, 2.45) is 0 Å². The van der Waals surface area contributed by atoms with Gasteiger partial charge in [-0.05, 0) is 115 Å². The van der Waals surface area contributed by atoms with E-state index in [0.29, 0.717) is 22.8 Å². The van der Waals surface area contributed by atoms with E-state index in [-0.39, 0.29) is 41.7 Å². The van der Waals surface area contributed by atoms with Crippen LogP contribution in [0, 0.1) is 71.5 Å². The van der Waals surface area contributed by atoms with Crippen molar-refractivity contribution in [1.29, 1.82) is 0 Å². The number of thiocarbonyl (C=S) groups is 2. The van der Waals surface area contributed by atoms with Crippen LogP contribution >= 0.6 is 24.4 Å². The minimum atomic E-state index is -1.08. The van der Waals surface area contributed by atoms with Crippen LogP contribution in [0.15, 0.2) is 73.3 Å². The van der Waals surface area contributed by atoms with Gasteiger partial charge in [-0.1, -0.05) is 30.4 Å². The van der Waals surface area contributed by atoms with Crippen LogP contribution in [0.3, 0.4) is 0 Å². The fourth-order valence-corrected chi connectivity index (χ4v) is 3.13. The molecule has 0 spiro atoms. The number of carboxylic acid groups (broad SMARTS) is 4. The summed E-state index contributed by atoms with van der Waals surface area (Å²) >= 11 is 7.40. The van der Waals surface area contributed by atoms with Gasteiger partial charge in [0.05, 0.1) is 45.0 Å². The summed E-state index contributed by atoms with van der Waals surface area (Å²) in [6, 6.07) is 10.8. The fraction of sp³-hybridized carbons (Fsp3) is 0.0256. The Morgan fingerprint density at radius 3 is 0.929 bits per heavy atom. The van der Waals surface area contributed by atoms with Crippen LogP contribution in [-0.4, -0.2) is 74.6 Å². The third-order valence-corrected chi connectivity index (χ3v) is 5.25. The smallest absolute Gasteiger partial charge is 0.753 e. The van der Waals surface area contributed by atoms with Crippen molar-refractivity contribution < 1.29 is 59.1 Å². The van der Waals surface area contributed by atoms with Crippen molar-refractivity contribution in [2.75, 3.05) is 0 Å². The van der Waals surface area contributed by atoms with Crippen molar-refractivity contribution in [3.05, 3.63) is 106 Å². The van der Waals surface area contributed by atoms with Gasteiger partial charge in [-0.15, -0.1) is 6.42 Å². The quantitative estimate of drug-likeness (QED) is 0.0858. The Balaban J connectivity index is 0. The zero-order valence-electron chi connectivity index (χ0n) is 28.3. The van der Waals surface area contributed by atoms with Crippen molar-refractivity contribution in [1.82, 2.24) is 19.9 Å². The van der Waals surface area contributed by atoms with Gasteiger partial charge in [-0.2, -0.15) is 10.3 Å². The van der Waals surface area contributed by atoms with Gasteiger partial charge in [0, 0.05) is 24.8 Å². The molecule has 0 aromatic carbocycles. The van der Waals surface area contributed by atoms with Gasteiger partial charge >= 0.3 is 43.4 Å². The summed E-state index contributed by atoms with van der Waals surface area (Å²) in [6.45, 7) is 1.71. The predicted molar refractivity (Wildman–Crippen MR) is 208 cm³/mol. The molecule has 0 fully saturated rings. The molecule has 0 atom stereocenters. The van der Waals surface area contributed by atoms with E-state index >= 15 is 0 Å². The summed E-state index contributed by atoms with van der Waals surface area (Å²) in [6.07, 6.45) is 10.2. The van der Waals surface area contributed by atoms with Crippen molar-refractivity contribution in [2.45, 2.75) is 6.92 Å². The number of hydrogen-bond donors (Lipinski definition) is 4. The molecule has 17 heteroatoms. The number of nitrogens with zero attached hydrogens (tertiary/aromatic N) is 6. The second-order valence-corrected chi connectivity index (χ2v) is 9.01. The summed E-state index contributed by atoms with van der Waals surface area (Å²) in [7, 11) is 0. The molecule has 4 N–H and O–H groups in total. The number of carboxylic acids is 4. The van der Waals surface area contributed by atoms with Crippen LogP contribution < -0.4 is 0 Å². The Hall–Kier alpha value is -7.94. The molecule has 14 nitrogen and oxygen atoms in total. The molecule has 4 aromatic rings. The second kappa shape index (κ2) is 30.7. The van der Waals surface area contributed by atoms with Crippen molar-refractivity contribution in [3.8, 4) is 94.3 Å². The third-order valence-electron chi connectivity index (χ3n) is 5.25. The molecule has 4 rings (SSSR count). The van der Waals surface area contributed by atoms with Crippen LogP contribution in [0.25, 0.3) is 33.6 Å². The summed E-state index contributed by atoms with van der Waals surface area (Å²) in [5.74, 6) is 22.6. The molecule has 0 amide bonds. The zero-order chi connectivity index (χ0) is 41.4. The van der Waals surface area contributed by atoms with Gasteiger partial charge < -0.3 is 31.2 Å². The van der Waals surface area contributed by atoms with E-state index in [1.807, 2.05) is 0 Å². The summed E-state index contributed by atoms with van der Waals surface area (Å²) < 4.78 is 0. The predicted octanol–water partition coefficient (Wildman–Crippen LogP) is 5.05. The Bertz CT molecular complexity index is 2250. The van der Waals surface area contributed by atoms with E-state index in [1.165, 1.54) is 83.6 Å². The molecule has 0 aliphatic carbocycles. The standard InChI is InChI=1S/C13H4.2C12H8N2O4.2CNS.Ru/c1-3-5-7-9-11-13-12-10-8-6-4-2;2*15-11(16)7-1-3-13-9(5-7)10-6-8(12(17)18)2-4-14-10;2*2-1-3;/h1H,2H3;2*1-6H,(H,15,16)(H,17,18);;;/q;;;2*-1;+2. The molecule has 4 aromatic heterocycles. The zero-order valence-corrected chi connectivity index (χ0v) is 31.7. The van der Waals surface area contributed by atoms with E-state index < -0.39 is 23.9 Å². The largest absolute Gasteiger partial charge is 2.00 e. The Kier molecular flexibility index (Phi) is 27.5. The van der Waals surface area contributed by atoms with Gasteiger partial charge in [0.2, 0.25) is 0 Å². The molecule has 4 heterocycles. The Morgan fingerprint density at radius 2 is 0.732 bits per heavy atom. The van der Waals surface area contributed by atoms with E-state index in [2.05, 4.69) is 109 Å². The number of terminal acetylenes is 1. The fourth-order valence-electron chi connectivity index (χ4n) is 3.13. The van der Waals surface area contributed by atoms with E-state index in [4.69, 9.17) is 37.7 Å². The maximum Gasteiger partial charge on any atom is 2.00 e. The molecular weight excluding hydrogens is 846 g/mol. The number of carbonyl (C=O) groups is 4. The van der Waals surface area contributed by atoms with Gasteiger partial charge in [-0.3, -0.25) is 19.9 Å². The maximum atomic E-state index is 10.8. The molecule has 0 aliphatic heterocycles. The minimum Gasteiger partial charge on any atom is -0.753 e. The van der Waals surface area contributed by atoms with Crippen molar-refractivity contribution >= 4 is 58.6 Å². The molecule has 0 radical (unpaired) electrons. The van der Waals surface area contributed by atoms with E-state index in [1.54, 1.807) is 6.92 Å². The van der Waals surface area contributed by atoms with Crippen LogP contribution in [0.1, 0.15) is 48.4 Å². The molecule has 0 unspecified atom stereocenters. The van der Waals surface area contributed by atoms with Crippen LogP contribution in [-0.2, 0) is 19.5 Å². The van der Waals surface area contributed by atoms with E-state index in [0.717, 1.165) is 0 Å². The van der Waals surface area contributed by atoms with Gasteiger partial charge in [0.1, 0.15) is 0 Å². The first kappa shape index (κ1) is 50.2. The first-order chi connectivity index (χ1) is 26.4. The van der Waals surface area contributed by atoms with Gasteiger partial charge in [0.25, 0.3) is 0 Å². The van der Waals surface area contributed by atoms with E-state index in [9.17, 15) is 19.2 Å². The normalized spacial score (nSPS) is 7.57. The average Bonchev–Trinajstić information content (AvgIpc) is 3.18. The first-order valence-electron chi connectivity index (χ1n) is 14.1. The first-order valence-corrected chi connectivity index (χ1v) is 14.9. The topological polar surface area (TPSA) is 245 Å². The summed E-state index contributed by atoms with van der Waals surface area (Å²) in [5, 5.41) is 52.4. The summed E-state index contributed by atoms with van der Waals surface area (Å²) in [5.41, 5.74) is 1.56. The summed E-state index contributed by atoms with van der Waals surface area (Å²) in [4.78, 5) is 59.2. The maximum absolute atomic E-state index is 10.8. The third kappa shape index (κ3) is 21.4. The average molecular weight is 866 g/mol. The molecular formula is C39H20N6O8RuS2. The molecule has 274 valence electrons. The number of aromatic nitrogens is 4. The molecule has 0 aliphatic rings. The number of hydrogen-bond acceptors (Lipinski definition) is 10.